The summed E-state index contributed by atoms with van der Waals surface area (Å²) in [6.45, 7) is 8.09. The second-order valence-corrected chi connectivity index (χ2v) is 8.19. The van der Waals surface area contributed by atoms with E-state index in [-0.39, 0.29) is 30.1 Å². The van der Waals surface area contributed by atoms with Crippen molar-refractivity contribution in [3.8, 4) is 0 Å². The van der Waals surface area contributed by atoms with Gasteiger partial charge in [-0.2, -0.15) is 0 Å². The van der Waals surface area contributed by atoms with Crippen LogP contribution < -0.4 is 5.32 Å². The van der Waals surface area contributed by atoms with Crippen LogP contribution in [0.15, 0.2) is 24.3 Å². The molecular formula is C22H33N3O3. The molecule has 154 valence electrons. The van der Waals surface area contributed by atoms with Crippen LogP contribution in [0.25, 0.3) is 0 Å². The molecule has 1 amide bonds. The molecule has 0 radical (unpaired) electrons. The van der Waals surface area contributed by atoms with Gasteiger partial charge in [0.05, 0.1) is 13.2 Å². The van der Waals surface area contributed by atoms with Crippen molar-refractivity contribution >= 4 is 11.7 Å². The van der Waals surface area contributed by atoms with Crippen LogP contribution in [-0.2, 0) is 9.53 Å². The first-order valence-electron chi connectivity index (χ1n) is 10.4. The Bertz CT molecular complexity index is 660. The molecule has 0 saturated carbocycles. The zero-order valence-corrected chi connectivity index (χ0v) is 17.2. The Morgan fingerprint density at radius 3 is 2.32 bits per heavy atom. The minimum absolute atomic E-state index is 0.00686. The Labute approximate surface area is 168 Å². The first-order valence-corrected chi connectivity index (χ1v) is 10.4. The zero-order chi connectivity index (χ0) is 20.0. The van der Waals surface area contributed by atoms with Crippen LogP contribution in [0, 0.1) is 6.92 Å². The predicted octanol–water partition coefficient (Wildman–Crippen LogP) is 1.87. The lowest BCUT2D eigenvalue weighted by molar-refractivity contribution is -0.122. The summed E-state index contributed by atoms with van der Waals surface area (Å²) < 4.78 is 5.52. The van der Waals surface area contributed by atoms with Crippen LogP contribution in [0.1, 0.15) is 41.6 Å². The van der Waals surface area contributed by atoms with E-state index in [1.54, 1.807) is 0 Å². The maximum absolute atomic E-state index is 12.4. The molecule has 3 rings (SSSR count). The first kappa shape index (κ1) is 21.0. The summed E-state index contributed by atoms with van der Waals surface area (Å²) in [7, 11) is 2.15. The lowest BCUT2D eigenvalue weighted by Gasteiger charge is -2.49. The quantitative estimate of drug-likeness (QED) is 0.724. The van der Waals surface area contributed by atoms with Crippen molar-refractivity contribution in [1.82, 2.24) is 15.1 Å². The van der Waals surface area contributed by atoms with E-state index in [1.807, 2.05) is 31.2 Å². The molecule has 6 nitrogen and oxygen atoms in total. The molecule has 0 spiro atoms. The number of rotatable bonds is 7. The van der Waals surface area contributed by atoms with Crippen molar-refractivity contribution in [3.63, 3.8) is 0 Å². The molecule has 2 aliphatic heterocycles. The molecule has 0 atom stereocenters. The van der Waals surface area contributed by atoms with E-state index in [4.69, 9.17) is 4.74 Å². The van der Waals surface area contributed by atoms with Gasteiger partial charge in [0.2, 0.25) is 5.91 Å². The van der Waals surface area contributed by atoms with Crippen molar-refractivity contribution in [3.05, 3.63) is 35.4 Å². The normalized spacial score (nSPS) is 20.6. The molecule has 28 heavy (non-hydrogen) atoms. The van der Waals surface area contributed by atoms with E-state index in [0.29, 0.717) is 12.1 Å². The van der Waals surface area contributed by atoms with Gasteiger partial charge < -0.3 is 15.0 Å². The molecule has 2 fully saturated rings. The Morgan fingerprint density at radius 2 is 1.68 bits per heavy atom. The lowest BCUT2D eigenvalue weighted by atomic mass is 9.85. The summed E-state index contributed by atoms with van der Waals surface area (Å²) in [4.78, 5) is 29.6. The highest BCUT2D eigenvalue weighted by Gasteiger charge is 2.40. The molecule has 0 unspecified atom stereocenters. The summed E-state index contributed by atoms with van der Waals surface area (Å²) in [6, 6.07) is 7.53. The Balaban J connectivity index is 1.51. The molecule has 6 heteroatoms. The molecule has 2 saturated heterocycles. The number of carbonyl (C=O) groups is 2. The predicted molar refractivity (Wildman–Crippen MR) is 110 cm³/mol. The average Bonchev–Trinajstić information content (AvgIpc) is 2.73. The van der Waals surface area contributed by atoms with Crippen LogP contribution >= 0.6 is 0 Å². The van der Waals surface area contributed by atoms with E-state index in [2.05, 4.69) is 22.2 Å². The van der Waals surface area contributed by atoms with Gasteiger partial charge in [0.15, 0.2) is 5.78 Å². The molecule has 2 aliphatic rings. The van der Waals surface area contributed by atoms with E-state index in [0.717, 1.165) is 57.8 Å². The second-order valence-electron chi connectivity index (χ2n) is 8.19. The van der Waals surface area contributed by atoms with Crippen molar-refractivity contribution < 1.29 is 14.3 Å². The van der Waals surface area contributed by atoms with Crippen molar-refractivity contribution in [2.24, 2.45) is 0 Å². The molecule has 0 bridgehead atoms. The number of amides is 1. The van der Waals surface area contributed by atoms with Crippen molar-refractivity contribution in [1.29, 1.82) is 0 Å². The van der Waals surface area contributed by atoms with Crippen LogP contribution in [-0.4, -0.2) is 80.0 Å². The van der Waals surface area contributed by atoms with Gasteiger partial charge in [0.1, 0.15) is 0 Å². The van der Waals surface area contributed by atoms with E-state index < -0.39 is 0 Å². The summed E-state index contributed by atoms with van der Waals surface area (Å²) in [6.07, 6.45) is 2.59. The lowest BCUT2D eigenvalue weighted by Crippen LogP contribution is -2.62. The number of ketones is 1. The standard InChI is InChI=1S/C22H33N3O3/c1-18-3-5-19(6-4-18)20(26)7-8-21(27)23-17-22(9-11-24(2)12-10-22)25-13-15-28-16-14-25/h3-6H,7-17H2,1-2H3,(H,23,27). The number of nitrogens with zero attached hydrogens (tertiary/aromatic N) is 2. The molecule has 1 aromatic rings. The number of hydrogen-bond donors (Lipinski definition) is 1. The third-order valence-corrected chi connectivity index (χ3v) is 6.17. The van der Waals surface area contributed by atoms with Gasteiger partial charge in [-0.15, -0.1) is 0 Å². The van der Waals surface area contributed by atoms with Gasteiger partial charge in [0, 0.05) is 43.6 Å². The number of aryl methyl sites for hydroxylation is 1. The van der Waals surface area contributed by atoms with E-state index in [9.17, 15) is 9.59 Å². The fourth-order valence-corrected chi connectivity index (χ4v) is 4.14. The number of benzene rings is 1. The van der Waals surface area contributed by atoms with Gasteiger partial charge in [-0.05, 0) is 39.9 Å². The largest absolute Gasteiger partial charge is 0.379 e. The van der Waals surface area contributed by atoms with Crippen molar-refractivity contribution in [2.45, 2.75) is 38.1 Å². The summed E-state index contributed by atoms with van der Waals surface area (Å²) in [5.74, 6) is -0.00985. The highest BCUT2D eigenvalue weighted by atomic mass is 16.5. The molecule has 0 aromatic heterocycles. The van der Waals surface area contributed by atoms with Gasteiger partial charge in [-0.25, -0.2) is 0 Å². The topological polar surface area (TPSA) is 61.9 Å². The van der Waals surface area contributed by atoms with Crippen molar-refractivity contribution in [2.75, 3.05) is 53.0 Å². The van der Waals surface area contributed by atoms with Gasteiger partial charge in [0.25, 0.3) is 0 Å². The Hall–Kier alpha value is -1.76. The molecule has 2 heterocycles. The maximum atomic E-state index is 12.4. The maximum Gasteiger partial charge on any atom is 0.220 e. The summed E-state index contributed by atoms with van der Waals surface area (Å²) in [5, 5.41) is 3.13. The van der Waals surface area contributed by atoms with Crippen LogP contribution in [0.5, 0.6) is 0 Å². The second kappa shape index (κ2) is 9.63. The smallest absolute Gasteiger partial charge is 0.220 e. The summed E-state index contributed by atoms with van der Waals surface area (Å²) in [5.41, 5.74) is 1.81. The Morgan fingerprint density at radius 1 is 1.04 bits per heavy atom. The number of nitrogens with one attached hydrogen (secondary N) is 1. The third-order valence-electron chi connectivity index (χ3n) is 6.17. The fraction of sp³-hybridized carbons (Fsp3) is 0.636. The number of piperidine rings is 1. The van der Waals surface area contributed by atoms with E-state index >= 15 is 0 Å². The average molecular weight is 388 g/mol. The number of carbonyl (C=O) groups excluding carboxylic acids is 2. The molecule has 1 N–H and O–H groups in total. The number of Topliss-reactive ketones (excluding diaryl/α,β-unsaturated/α-hetero) is 1. The number of hydrogen-bond acceptors (Lipinski definition) is 5. The highest BCUT2D eigenvalue weighted by Crippen LogP contribution is 2.29. The Kier molecular flexibility index (Phi) is 7.21. The highest BCUT2D eigenvalue weighted by molar-refractivity contribution is 5.97. The van der Waals surface area contributed by atoms with E-state index in [1.165, 1.54) is 0 Å². The first-order chi connectivity index (χ1) is 13.5. The molecule has 0 aliphatic carbocycles. The monoisotopic (exact) mass is 387 g/mol. The van der Waals surface area contributed by atoms with Gasteiger partial charge in [-0.1, -0.05) is 29.8 Å². The SMILES string of the molecule is Cc1ccc(C(=O)CCC(=O)NCC2(N3CCOCC3)CCN(C)CC2)cc1. The minimum Gasteiger partial charge on any atom is -0.379 e. The van der Waals surface area contributed by atoms with Crippen LogP contribution in [0.4, 0.5) is 0 Å². The fourth-order valence-electron chi connectivity index (χ4n) is 4.14. The van der Waals surface area contributed by atoms with Crippen LogP contribution in [0.3, 0.4) is 0 Å². The summed E-state index contributed by atoms with van der Waals surface area (Å²) >= 11 is 0. The van der Waals surface area contributed by atoms with Gasteiger partial charge in [-0.3, -0.25) is 14.5 Å². The molecular weight excluding hydrogens is 354 g/mol. The van der Waals surface area contributed by atoms with Crippen LogP contribution in [0.2, 0.25) is 0 Å². The minimum atomic E-state index is -0.0352. The number of ether oxygens (including phenoxy) is 1. The van der Waals surface area contributed by atoms with Gasteiger partial charge >= 0.3 is 0 Å². The third kappa shape index (κ3) is 5.40. The zero-order valence-electron chi connectivity index (χ0n) is 17.2. The number of likely N-dealkylation sites (tertiary alicyclic amines) is 1. The number of morpholine rings is 1. The molecule has 1 aromatic carbocycles.